The zero-order valence-corrected chi connectivity index (χ0v) is 15.2. The summed E-state index contributed by atoms with van der Waals surface area (Å²) in [5, 5.41) is 0.787. The van der Waals surface area contributed by atoms with Crippen LogP contribution in [0.15, 0.2) is 48.5 Å². The Balaban J connectivity index is 1.91. The molecule has 0 aliphatic heterocycles. The summed E-state index contributed by atoms with van der Waals surface area (Å²) in [6.07, 6.45) is 1.63. The quantitative estimate of drug-likeness (QED) is 0.723. The van der Waals surface area contributed by atoms with Gasteiger partial charge in [0.2, 0.25) is 10.0 Å². The molecule has 0 amide bonds. The van der Waals surface area contributed by atoms with Crippen LogP contribution in [0.4, 0.5) is 0 Å². The summed E-state index contributed by atoms with van der Waals surface area (Å²) in [4.78, 5) is 0. The fourth-order valence-corrected chi connectivity index (χ4v) is 3.79. The van der Waals surface area contributed by atoms with Crippen molar-refractivity contribution in [3.63, 3.8) is 0 Å². The fraction of sp³-hybridized carbons (Fsp3) is 0.294. The Morgan fingerprint density at radius 1 is 0.957 bits per heavy atom. The maximum atomic E-state index is 12.4. The van der Waals surface area contributed by atoms with Crippen molar-refractivity contribution in [1.29, 1.82) is 0 Å². The third-order valence-corrected chi connectivity index (χ3v) is 6.16. The molecular formula is C17H19Cl2NO2S. The highest BCUT2D eigenvalue weighted by atomic mass is 35.5. The van der Waals surface area contributed by atoms with Crippen LogP contribution >= 0.6 is 23.2 Å². The number of hydrogen-bond acceptors (Lipinski definition) is 2. The molecule has 3 nitrogen and oxygen atoms in total. The van der Waals surface area contributed by atoms with Gasteiger partial charge in [0.1, 0.15) is 0 Å². The monoisotopic (exact) mass is 371 g/mol. The fourth-order valence-electron chi connectivity index (χ4n) is 2.24. The van der Waals surface area contributed by atoms with Crippen LogP contribution in [0.25, 0.3) is 0 Å². The molecule has 0 aromatic heterocycles. The van der Waals surface area contributed by atoms with E-state index >= 15 is 0 Å². The summed E-state index contributed by atoms with van der Waals surface area (Å²) in [5.74, 6) is -0.0777. The number of sulfonamides is 1. The number of hydrogen-bond donors (Lipinski definition) is 0. The molecule has 0 bridgehead atoms. The Hall–Kier alpha value is -1.07. The highest BCUT2D eigenvalue weighted by Crippen LogP contribution is 2.24. The minimum atomic E-state index is -3.37. The zero-order chi connectivity index (χ0) is 16.9. The maximum absolute atomic E-state index is 12.4. The number of halogens is 2. The zero-order valence-electron chi connectivity index (χ0n) is 12.9. The molecule has 0 heterocycles. The molecule has 0 radical (unpaired) electrons. The first kappa shape index (κ1) is 18.3. The Bertz CT molecular complexity index is 748. The molecule has 2 aromatic rings. The molecule has 0 N–H and O–H groups in total. The van der Waals surface area contributed by atoms with Crippen LogP contribution in [0.1, 0.15) is 17.5 Å². The van der Waals surface area contributed by atoms with Crippen LogP contribution in [0, 0.1) is 0 Å². The van der Waals surface area contributed by atoms with Crippen molar-refractivity contribution in [3.05, 3.63) is 69.7 Å². The maximum Gasteiger partial charge on any atom is 0.218 e. The van der Waals surface area contributed by atoms with Crippen LogP contribution in [-0.4, -0.2) is 26.3 Å². The second-order valence-corrected chi connectivity index (χ2v) is 8.31. The van der Waals surface area contributed by atoms with Crippen LogP contribution in [0.3, 0.4) is 0 Å². The van der Waals surface area contributed by atoms with Crippen molar-refractivity contribution >= 4 is 33.2 Å². The van der Waals surface area contributed by atoms with E-state index in [9.17, 15) is 8.42 Å². The van der Waals surface area contributed by atoms with E-state index in [-0.39, 0.29) is 5.75 Å². The molecule has 0 fully saturated rings. The molecule has 0 saturated carbocycles. The van der Waals surface area contributed by atoms with Gasteiger partial charge >= 0.3 is 0 Å². The van der Waals surface area contributed by atoms with Crippen molar-refractivity contribution in [2.75, 3.05) is 13.6 Å². The first-order valence-electron chi connectivity index (χ1n) is 7.30. The molecule has 23 heavy (non-hydrogen) atoms. The Morgan fingerprint density at radius 2 is 1.65 bits per heavy atom. The Morgan fingerprint density at radius 3 is 2.30 bits per heavy atom. The lowest BCUT2D eigenvalue weighted by Gasteiger charge is -2.17. The van der Waals surface area contributed by atoms with Gasteiger partial charge in [0.25, 0.3) is 0 Å². The summed E-state index contributed by atoms with van der Waals surface area (Å²) in [6, 6.07) is 14.9. The van der Waals surface area contributed by atoms with E-state index in [0.29, 0.717) is 22.2 Å². The number of aryl methyl sites for hydroxylation is 1. The molecule has 0 saturated heterocycles. The predicted octanol–water partition coefficient (Wildman–Crippen LogP) is 4.39. The molecular weight excluding hydrogens is 353 g/mol. The van der Waals surface area contributed by atoms with Crippen LogP contribution in [-0.2, 0) is 22.2 Å². The lowest BCUT2D eigenvalue weighted by molar-refractivity contribution is 0.460. The van der Waals surface area contributed by atoms with Crippen molar-refractivity contribution in [2.24, 2.45) is 0 Å². The molecule has 0 unspecified atom stereocenters. The molecule has 0 aliphatic rings. The molecule has 124 valence electrons. The van der Waals surface area contributed by atoms with Gasteiger partial charge < -0.3 is 0 Å². The Labute approximate surface area is 147 Å². The second-order valence-electron chi connectivity index (χ2n) is 5.42. The number of nitrogens with zero attached hydrogens (tertiary/aromatic N) is 1. The van der Waals surface area contributed by atoms with Gasteiger partial charge in [-0.05, 0) is 36.1 Å². The highest BCUT2D eigenvalue weighted by molar-refractivity contribution is 7.88. The predicted molar refractivity (Wildman–Crippen MR) is 96.5 cm³/mol. The molecule has 2 aromatic carbocycles. The van der Waals surface area contributed by atoms with E-state index in [1.54, 1.807) is 25.2 Å². The second kappa shape index (κ2) is 8.15. The summed E-state index contributed by atoms with van der Waals surface area (Å²) >= 11 is 11.8. The van der Waals surface area contributed by atoms with Gasteiger partial charge in [-0.3, -0.25) is 0 Å². The lowest BCUT2D eigenvalue weighted by Crippen LogP contribution is -2.29. The summed E-state index contributed by atoms with van der Waals surface area (Å²) in [5.41, 5.74) is 1.84. The van der Waals surface area contributed by atoms with Crippen LogP contribution in [0.2, 0.25) is 10.0 Å². The van der Waals surface area contributed by atoms with Gasteiger partial charge in [-0.1, -0.05) is 59.6 Å². The summed E-state index contributed by atoms with van der Waals surface area (Å²) in [6.45, 7) is 0.485. The van der Waals surface area contributed by atoms with E-state index in [1.165, 1.54) is 9.87 Å². The SMILES string of the molecule is CN(CCCc1ccccc1)S(=O)(=O)Cc1ccc(Cl)c(Cl)c1. The third kappa shape index (κ3) is 5.50. The standard InChI is InChI=1S/C17H19Cl2NO2S/c1-20(11-5-8-14-6-3-2-4-7-14)23(21,22)13-15-9-10-16(18)17(19)12-15/h2-4,6-7,9-10,12H,5,8,11,13H2,1H3. The first-order valence-corrected chi connectivity index (χ1v) is 9.67. The third-order valence-electron chi connectivity index (χ3n) is 3.59. The lowest BCUT2D eigenvalue weighted by atomic mass is 10.1. The summed E-state index contributed by atoms with van der Waals surface area (Å²) in [7, 11) is -1.76. The topological polar surface area (TPSA) is 37.4 Å². The summed E-state index contributed by atoms with van der Waals surface area (Å²) < 4.78 is 26.2. The molecule has 6 heteroatoms. The molecule has 0 spiro atoms. The van der Waals surface area contributed by atoms with E-state index in [0.717, 1.165) is 12.8 Å². The normalized spacial score (nSPS) is 11.8. The van der Waals surface area contributed by atoms with Gasteiger partial charge in [-0.2, -0.15) is 0 Å². The van der Waals surface area contributed by atoms with Crippen molar-refractivity contribution in [1.82, 2.24) is 4.31 Å². The molecule has 2 rings (SSSR count). The first-order chi connectivity index (χ1) is 10.9. The number of benzene rings is 2. The van der Waals surface area contributed by atoms with Gasteiger partial charge in [0.15, 0.2) is 0 Å². The van der Waals surface area contributed by atoms with E-state index in [2.05, 4.69) is 0 Å². The Kier molecular flexibility index (Phi) is 6.48. The van der Waals surface area contributed by atoms with E-state index < -0.39 is 10.0 Å². The molecule has 0 atom stereocenters. The average molecular weight is 372 g/mol. The minimum Gasteiger partial charge on any atom is -0.212 e. The van der Waals surface area contributed by atoms with Crippen molar-refractivity contribution in [2.45, 2.75) is 18.6 Å². The smallest absolute Gasteiger partial charge is 0.212 e. The minimum absolute atomic E-state index is 0.0777. The van der Waals surface area contributed by atoms with E-state index in [1.807, 2.05) is 30.3 Å². The van der Waals surface area contributed by atoms with Gasteiger partial charge in [-0.25, -0.2) is 12.7 Å². The van der Waals surface area contributed by atoms with Gasteiger partial charge in [0.05, 0.1) is 15.8 Å². The van der Waals surface area contributed by atoms with E-state index in [4.69, 9.17) is 23.2 Å². The van der Waals surface area contributed by atoms with Crippen molar-refractivity contribution < 1.29 is 8.42 Å². The van der Waals surface area contributed by atoms with Gasteiger partial charge in [0, 0.05) is 13.6 Å². The van der Waals surface area contributed by atoms with Crippen LogP contribution in [0.5, 0.6) is 0 Å². The van der Waals surface area contributed by atoms with Crippen molar-refractivity contribution in [3.8, 4) is 0 Å². The highest BCUT2D eigenvalue weighted by Gasteiger charge is 2.18. The van der Waals surface area contributed by atoms with Crippen LogP contribution < -0.4 is 0 Å². The molecule has 0 aliphatic carbocycles. The van der Waals surface area contributed by atoms with Gasteiger partial charge in [-0.15, -0.1) is 0 Å². The average Bonchev–Trinajstić information content (AvgIpc) is 2.51. The largest absolute Gasteiger partial charge is 0.218 e. The number of rotatable bonds is 7.